The summed E-state index contributed by atoms with van der Waals surface area (Å²) in [5, 5.41) is 6.65. The van der Waals surface area contributed by atoms with Crippen molar-refractivity contribution >= 4 is 17.6 Å². The van der Waals surface area contributed by atoms with Gasteiger partial charge >= 0.3 is 0 Å². The first kappa shape index (κ1) is 23.4. The summed E-state index contributed by atoms with van der Waals surface area (Å²) >= 11 is 0. The van der Waals surface area contributed by atoms with Crippen molar-refractivity contribution in [2.24, 2.45) is 10.9 Å². The van der Waals surface area contributed by atoms with Crippen molar-refractivity contribution in [3.8, 4) is 5.75 Å². The third-order valence-corrected chi connectivity index (χ3v) is 5.35. The summed E-state index contributed by atoms with van der Waals surface area (Å²) in [6.07, 6.45) is 6.37. The number of rotatable bonds is 12. The number of benzene rings is 1. The van der Waals surface area contributed by atoms with Crippen LogP contribution in [-0.4, -0.2) is 62.3 Å². The highest BCUT2D eigenvalue weighted by Crippen LogP contribution is 2.28. The van der Waals surface area contributed by atoms with E-state index in [0.717, 1.165) is 62.9 Å². The highest BCUT2D eigenvalue weighted by Gasteiger charge is 2.20. The van der Waals surface area contributed by atoms with Gasteiger partial charge in [-0.1, -0.05) is 0 Å². The summed E-state index contributed by atoms with van der Waals surface area (Å²) in [7, 11) is 0. The highest BCUT2D eigenvalue weighted by atomic mass is 16.5. The number of likely N-dealkylation sites (tertiary alicyclic amines) is 1. The van der Waals surface area contributed by atoms with Crippen molar-refractivity contribution in [1.29, 1.82) is 0 Å². The van der Waals surface area contributed by atoms with Crippen LogP contribution in [0.3, 0.4) is 0 Å². The second kappa shape index (κ2) is 12.5. The monoisotopic (exact) mass is 430 g/mol. The molecule has 0 atom stereocenters. The van der Waals surface area contributed by atoms with Crippen molar-refractivity contribution in [2.75, 3.05) is 44.7 Å². The summed E-state index contributed by atoms with van der Waals surface area (Å²) in [4.78, 5) is 18.9. The van der Waals surface area contributed by atoms with Crippen molar-refractivity contribution in [3.05, 3.63) is 24.3 Å². The van der Waals surface area contributed by atoms with Crippen LogP contribution in [-0.2, 0) is 9.53 Å². The first-order chi connectivity index (χ1) is 15.1. The second-order valence-electron chi connectivity index (χ2n) is 8.68. The number of anilines is 1. The van der Waals surface area contributed by atoms with Gasteiger partial charge in [0.2, 0.25) is 5.91 Å². The average molecular weight is 431 g/mol. The van der Waals surface area contributed by atoms with E-state index in [4.69, 9.17) is 9.47 Å². The minimum atomic E-state index is 0.146. The van der Waals surface area contributed by atoms with E-state index < -0.39 is 0 Å². The predicted molar refractivity (Wildman–Crippen MR) is 125 cm³/mol. The van der Waals surface area contributed by atoms with Gasteiger partial charge in [0.1, 0.15) is 5.75 Å². The van der Waals surface area contributed by atoms with E-state index in [2.05, 4.69) is 15.6 Å². The number of nitrogens with zero attached hydrogens (tertiary/aromatic N) is 2. The molecule has 2 N–H and O–H groups in total. The van der Waals surface area contributed by atoms with E-state index in [1.54, 1.807) is 0 Å². The van der Waals surface area contributed by atoms with Crippen LogP contribution < -0.4 is 15.4 Å². The summed E-state index contributed by atoms with van der Waals surface area (Å²) < 4.78 is 11.4. The maximum Gasteiger partial charge on any atom is 0.224 e. The van der Waals surface area contributed by atoms with E-state index in [0.29, 0.717) is 25.5 Å². The van der Waals surface area contributed by atoms with Crippen LogP contribution in [0.4, 0.5) is 5.69 Å². The number of nitrogens with one attached hydrogen (secondary N) is 2. The molecule has 172 valence electrons. The smallest absolute Gasteiger partial charge is 0.224 e. The zero-order chi connectivity index (χ0) is 21.9. The van der Waals surface area contributed by atoms with Gasteiger partial charge in [-0.15, -0.1) is 0 Å². The molecule has 2 aliphatic rings. The molecule has 1 aromatic rings. The maximum atomic E-state index is 12.3. The zero-order valence-electron chi connectivity index (χ0n) is 19.1. The third-order valence-electron chi connectivity index (χ3n) is 5.35. The predicted octanol–water partition coefficient (Wildman–Crippen LogP) is 3.66. The Balaban J connectivity index is 1.47. The molecule has 3 rings (SSSR count). The van der Waals surface area contributed by atoms with Crippen LogP contribution in [0.25, 0.3) is 0 Å². The van der Waals surface area contributed by atoms with E-state index in [-0.39, 0.29) is 12.0 Å². The summed E-state index contributed by atoms with van der Waals surface area (Å²) in [6.45, 7) is 8.67. The van der Waals surface area contributed by atoms with Gasteiger partial charge in [-0.2, -0.15) is 0 Å². The topological polar surface area (TPSA) is 75.2 Å². The Bertz CT molecular complexity index is 695. The fraction of sp³-hybridized carbons (Fsp3) is 0.667. The van der Waals surface area contributed by atoms with Crippen molar-refractivity contribution in [2.45, 2.75) is 58.5 Å². The Kier molecular flexibility index (Phi) is 9.46. The number of aliphatic imine (C=N–C) groups is 1. The molecule has 7 heteroatoms. The Hall–Kier alpha value is -2.28. The van der Waals surface area contributed by atoms with Crippen LogP contribution in [0, 0.1) is 5.92 Å². The number of ether oxygens (including phenoxy) is 2. The minimum Gasteiger partial charge on any atom is -0.491 e. The number of carbonyl (C=O) groups excluding carboxylic acids is 1. The van der Waals surface area contributed by atoms with Gasteiger partial charge in [-0.3, -0.25) is 9.79 Å². The van der Waals surface area contributed by atoms with Crippen molar-refractivity contribution in [3.63, 3.8) is 0 Å². The van der Waals surface area contributed by atoms with Gasteiger partial charge in [0.05, 0.1) is 6.10 Å². The highest BCUT2D eigenvalue weighted by molar-refractivity contribution is 5.94. The lowest BCUT2D eigenvalue weighted by Crippen LogP contribution is -2.35. The Morgan fingerprint density at radius 3 is 2.61 bits per heavy atom. The van der Waals surface area contributed by atoms with Gasteiger partial charge in [0.25, 0.3) is 0 Å². The quantitative estimate of drug-likeness (QED) is 0.301. The van der Waals surface area contributed by atoms with Crippen LogP contribution >= 0.6 is 0 Å². The normalized spacial score (nSPS) is 16.6. The molecule has 1 aliphatic carbocycles. The first-order valence-corrected chi connectivity index (χ1v) is 11.8. The summed E-state index contributed by atoms with van der Waals surface area (Å²) in [5.74, 6) is 2.54. The Morgan fingerprint density at radius 1 is 1.19 bits per heavy atom. The SMILES string of the molecule is CC(C)Oc1ccc(NC(=NCCCOCC2CC2)NCCC(=O)N2CCCC2)cc1. The number of hydrogen-bond donors (Lipinski definition) is 2. The first-order valence-electron chi connectivity index (χ1n) is 11.8. The third kappa shape index (κ3) is 9.17. The molecule has 1 saturated carbocycles. The molecule has 0 aromatic heterocycles. The van der Waals surface area contributed by atoms with Crippen LogP contribution in [0.5, 0.6) is 5.75 Å². The van der Waals surface area contributed by atoms with Crippen LogP contribution in [0.1, 0.15) is 52.4 Å². The van der Waals surface area contributed by atoms with Gasteiger partial charge in [-0.05, 0) is 76.1 Å². The summed E-state index contributed by atoms with van der Waals surface area (Å²) in [5.41, 5.74) is 0.929. The van der Waals surface area contributed by atoms with E-state index in [1.165, 1.54) is 12.8 Å². The molecule has 1 aromatic carbocycles. The largest absolute Gasteiger partial charge is 0.491 e. The molecule has 0 radical (unpaired) electrons. The number of hydrogen-bond acceptors (Lipinski definition) is 4. The molecular formula is C24H38N4O3. The Labute approximate surface area is 186 Å². The lowest BCUT2D eigenvalue weighted by Gasteiger charge is -2.17. The van der Waals surface area contributed by atoms with Gasteiger partial charge < -0.3 is 25.0 Å². The fourth-order valence-corrected chi connectivity index (χ4v) is 3.47. The van der Waals surface area contributed by atoms with E-state index in [1.807, 2.05) is 43.0 Å². The molecule has 2 fully saturated rings. The molecule has 1 saturated heterocycles. The lowest BCUT2D eigenvalue weighted by molar-refractivity contribution is -0.129. The zero-order valence-corrected chi connectivity index (χ0v) is 19.1. The van der Waals surface area contributed by atoms with Gasteiger partial charge in [0.15, 0.2) is 5.96 Å². The molecule has 0 bridgehead atoms. The average Bonchev–Trinajstić information content (AvgIpc) is 3.40. The Morgan fingerprint density at radius 2 is 1.94 bits per heavy atom. The van der Waals surface area contributed by atoms with E-state index >= 15 is 0 Å². The lowest BCUT2D eigenvalue weighted by atomic mass is 10.3. The number of amides is 1. The molecule has 1 aliphatic heterocycles. The van der Waals surface area contributed by atoms with Crippen molar-refractivity contribution in [1.82, 2.24) is 10.2 Å². The molecule has 31 heavy (non-hydrogen) atoms. The minimum absolute atomic E-state index is 0.146. The fourth-order valence-electron chi connectivity index (χ4n) is 3.47. The maximum absolute atomic E-state index is 12.3. The molecule has 0 unspecified atom stereocenters. The van der Waals surface area contributed by atoms with Crippen molar-refractivity contribution < 1.29 is 14.3 Å². The number of guanidine groups is 1. The van der Waals surface area contributed by atoms with Crippen LogP contribution in [0.15, 0.2) is 29.3 Å². The van der Waals surface area contributed by atoms with Gasteiger partial charge in [-0.25, -0.2) is 0 Å². The van der Waals surface area contributed by atoms with Crippen LogP contribution in [0.2, 0.25) is 0 Å². The number of carbonyl (C=O) groups is 1. The molecule has 1 heterocycles. The second-order valence-corrected chi connectivity index (χ2v) is 8.68. The summed E-state index contributed by atoms with van der Waals surface area (Å²) in [6, 6.07) is 7.84. The van der Waals surface area contributed by atoms with E-state index in [9.17, 15) is 4.79 Å². The van der Waals surface area contributed by atoms with Gasteiger partial charge in [0, 0.05) is 51.5 Å². The molecule has 7 nitrogen and oxygen atoms in total. The molecular weight excluding hydrogens is 392 g/mol. The standard InChI is InChI=1S/C24H38N4O3/c1-19(2)31-22-10-8-21(9-11-22)27-24(25-13-5-17-30-18-20-6-7-20)26-14-12-23(29)28-15-3-4-16-28/h8-11,19-20H,3-7,12-18H2,1-2H3,(H2,25,26,27). The molecule has 0 spiro atoms. The molecule has 1 amide bonds.